The summed E-state index contributed by atoms with van der Waals surface area (Å²) in [6.07, 6.45) is 10.8. The first-order valence-corrected chi connectivity index (χ1v) is 8.81. The van der Waals surface area contributed by atoms with Gasteiger partial charge in [-0.1, -0.05) is 18.2 Å². The Bertz CT molecular complexity index is 832. The maximum absolute atomic E-state index is 6.37. The predicted molar refractivity (Wildman–Crippen MR) is 104 cm³/mol. The molecule has 0 aliphatic carbocycles. The van der Waals surface area contributed by atoms with Crippen LogP contribution in [0.1, 0.15) is 18.5 Å². The lowest BCUT2D eigenvalue weighted by atomic mass is 10.1. The van der Waals surface area contributed by atoms with Crippen molar-refractivity contribution < 1.29 is 4.74 Å². The zero-order valence-corrected chi connectivity index (χ0v) is 15.1. The summed E-state index contributed by atoms with van der Waals surface area (Å²) in [6.45, 7) is 5.37. The number of rotatable bonds is 9. The largest absolute Gasteiger partial charge is 0.488 e. The van der Waals surface area contributed by atoms with Gasteiger partial charge in [0.15, 0.2) is 0 Å². The van der Waals surface area contributed by atoms with Crippen molar-refractivity contribution >= 4 is 10.9 Å². The zero-order valence-electron chi connectivity index (χ0n) is 15.1. The Labute approximate surface area is 154 Å². The van der Waals surface area contributed by atoms with Crippen LogP contribution in [0.25, 0.3) is 10.9 Å². The Morgan fingerprint density at radius 2 is 2.04 bits per heavy atom. The molecule has 0 aliphatic rings. The first-order valence-electron chi connectivity index (χ1n) is 8.81. The van der Waals surface area contributed by atoms with Gasteiger partial charge in [-0.05, 0) is 38.1 Å². The minimum Gasteiger partial charge on any atom is -0.488 e. The normalized spacial score (nSPS) is 12.2. The first kappa shape index (κ1) is 18.0. The van der Waals surface area contributed by atoms with Gasteiger partial charge < -0.3 is 4.74 Å². The van der Waals surface area contributed by atoms with Crippen LogP contribution in [0.4, 0.5) is 0 Å². The second-order valence-electron chi connectivity index (χ2n) is 6.33. The van der Waals surface area contributed by atoms with Crippen molar-refractivity contribution in [1.82, 2.24) is 19.9 Å². The molecule has 0 saturated heterocycles. The van der Waals surface area contributed by atoms with Gasteiger partial charge >= 0.3 is 0 Å². The Morgan fingerprint density at radius 1 is 1.15 bits per heavy atom. The van der Waals surface area contributed by atoms with Crippen LogP contribution in [0.2, 0.25) is 0 Å². The number of ether oxygens (including phenoxy) is 1. The number of aromatic nitrogens is 3. The highest BCUT2D eigenvalue weighted by Crippen LogP contribution is 2.25. The highest BCUT2D eigenvalue weighted by molar-refractivity contribution is 5.84. The molecule has 1 atom stereocenters. The number of hydrogen-bond donors (Lipinski definition) is 0. The lowest BCUT2D eigenvalue weighted by molar-refractivity contribution is 0.138. The highest BCUT2D eigenvalue weighted by Gasteiger charge is 2.15. The molecule has 0 amide bonds. The molecule has 5 heteroatoms. The average molecular weight is 348 g/mol. The van der Waals surface area contributed by atoms with Crippen molar-refractivity contribution in [3.05, 3.63) is 73.5 Å². The number of hydrogen-bond acceptors (Lipinski definition) is 5. The molecule has 0 saturated carbocycles. The van der Waals surface area contributed by atoms with E-state index in [2.05, 4.69) is 33.5 Å². The number of para-hydroxylation sites is 1. The van der Waals surface area contributed by atoms with Crippen LogP contribution < -0.4 is 4.74 Å². The molecule has 3 aromatic rings. The third-order valence-corrected chi connectivity index (χ3v) is 4.16. The van der Waals surface area contributed by atoms with E-state index in [1.807, 2.05) is 36.4 Å². The van der Waals surface area contributed by atoms with Crippen molar-refractivity contribution in [2.24, 2.45) is 0 Å². The molecule has 0 fully saturated rings. The van der Waals surface area contributed by atoms with E-state index >= 15 is 0 Å². The minimum atomic E-state index is 0.0560. The first-order chi connectivity index (χ1) is 12.8. The molecule has 1 unspecified atom stereocenters. The smallest absolute Gasteiger partial charge is 0.130 e. The van der Waals surface area contributed by atoms with Crippen LogP contribution in [0.15, 0.2) is 67.8 Å². The van der Waals surface area contributed by atoms with Gasteiger partial charge in [0.1, 0.15) is 11.9 Å². The third kappa shape index (κ3) is 4.86. The summed E-state index contributed by atoms with van der Waals surface area (Å²) in [5.41, 5.74) is 1.90. The molecule has 26 heavy (non-hydrogen) atoms. The van der Waals surface area contributed by atoms with Crippen LogP contribution in [-0.2, 0) is 6.54 Å². The van der Waals surface area contributed by atoms with E-state index in [0.717, 1.165) is 48.3 Å². The molecule has 0 N–H and O–H groups in total. The van der Waals surface area contributed by atoms with E-state index in [-0.39, 0.29) is 6.10 Å². The maximum atomic E-state index is 6.37. The molecule has 2 aromatic heterocycles. The average Bonchev–Trinajstić information content (AvgIpc) is 2.67. The summed E-state index contributed by atoms with van der Waals surface area (Å²) in [5, 5.41) is 1.04. The van der Waals surface area contributed by atoms with Crippen LogP contribution in [-0.4, -0.2) is 39.5 Å². The Kier molecular flexibility index (Phi) is 6.28. The highest BCUT2D eigenvalue weighted by atomic mass is 16.5. The van der Waals surface area contributed by atoms with Gasteiger partial charge in [-0.2, -0.15) is 0 Å². The lowest BCUT2D eigenvalue weighted by Gasteiger charge is -2.25. The SMILES string of the molecule is C=CCCC(CN(C)Cc1cnccn1)Oc1ccnc2ccccc12. The predicted octanol–water partition coefficient (Wildman–Crippen LogP) is 3.87. The third-order valence-electron chi connectivity index (χ3n) is 4.16. The quantitative estimate of drug-likeness (QED) is 0.550. The fraction of sp³-hybridized carbons (Fsp3) is 0.286. The Morgan fingerprint density at radius 3 is 2.85 bits per heavy atom. The van der Waals surface area contributed by atoms with Gasteiger partial charge in [0.25, 0.3) is 0 Å². The molecule has 2 heterocycles. The number of allylic oxidation sites excluding steroid dienone is 1. The molecular formula is C21H24N4O. The monoisotopic (exact) mass is 348 g/mol. The zero-order chi connectivity index (χ0) is 18.2. The fourth-order valence-electron chi connectivity index (χ4n) is 2.94. The summed E-state index contributed by atoms with van der Waals surface area (Å²) in [4.78, 5) is 15.1. The van der Waals surface area contributed by atoms with Gasteiger partial charge in [-0.3, -0.25) is 19.9 Å². The van der Waals surface area contributed by atoms with E-state index in [1.54, 1.807) is 24.8 Å². The summed E-state index contributed by atoms with van der Waals surface area (Å²) < 4.78 is 6.37. The molecule has 5 nitrogen and oxygen atoms in total. The lowest BCUT2D eigenvalue weighted by Crippen LogP contribution is -2.33. The summed E-state index contributed by atoms with van der Waals surface area (Å²) in [7, 11) is 2.07. The van der Waals surface area contributed by atoms with Crippen molar-refractivity contribution in [3.8, 4) is 5.75 Å². The second kappa shape index (κ2) is 9.06. The number of fused-ring (bicyclic) bond motifs is 1. The van der Waals surface area contributed by atoms with Crippen LogP contribution in [0.5, 0.6) is 5.75 Å². The second-order valence-corrected chi connectivity index (χ2v) is 6.33. The minimum absolute atomic E-state index is 0.0560. The molecule has 0 bridgehead atoms. The molecule has 3 rings (SSSR count). The van der Waals surface area contributed by atoms with Crippen LogP contribution >= 0.6 is 0 Å². The summed E-state index contributed by atoms with van der Waals surface area (Å²) >= 11 is 0. The Balaban J connectivity index is 1.71. The molecule has 0 aliphatic heterocycles. The maximum Gasteiger partial charge on any atom is 0.130 e. The number of pyridine rings is 1. The standard InChI is InChI=1S/C21H24N4O/c1-3-4-7-18(16-25(2)15-17-14-22-12-13-23-17)26-21-10-11-24-20-9-6-5-8-19(20)21/h3,5-6,8-14,18H,1,4,7,15-16H2,2H3. The van der Waals surface area contributed by atoms with E-state index in [9.17, 15) is 0 Å². The number of nitrogens with zero attached hydrogens (tertiary/aromatic N) is 4. The summed E-state index contributed by atoms with van der Waals surface area (Å²) in [6, 6.07) is 9.98. The van der Waals surface area contributed by atoms with E-state index in [4.69, 9.17) is 4.74 Å². The van der Waals surface area contributed by atoms with Crippen molar-refractivity contribution in [3.63, 3.8) is 0 Å². The fourth-order valence-corrected chi connectivity index (χ4v) is 2.94. The molecule has 1 aromatic carbocycles. The van der Waals surface area contributed by atoms with Gasteiger partial charge in [0.2, 0.25) is 0 Å². The topological polar surface area (TPSA) is 51.1 Å². The molecular weight excluding hydrogens is 324 g/mol. The van der Waals surface area contributed by atoms with Gasteiger partial charge in [-0.25, -0.2) is 0 Å². The van der Waals surface area contributed by atoms with Gasteiger partial charge in [0.05, 0.1) is 11.2 Å². The van der Waals surface area contributed by atoms with Crippen molar-refractivity contribution in [2.75, 3.05) is 13.6 Å². The van der Waals surface area contributed by atoms with Crippen LogP contribution in [0.3, 0.4) is 0 Å². The number of likely N-dealkylation sites (N-methyl/N-ethyl adjacent to an activating group) is 1. The van der Waals surface area contributed by atoms with Crippen molar-refractivity contribution in [1.29, 1.82) is 0 Å². The van der Waals surface area contributed by atoms with E-state index in [1.165, 1.54) is 0 Å². The molecule has 134 valence electrons. The van der Waals surface area contributed by atoms with Crippen molar-refractivity contribution in [2.45, 2.75) is 25.5 Å². The number of benzene rings is 1. The van der Waals surface area contributed by atoms with E-state index < -0.39 is 0 Å². The molecule has 0 spiro atoms. The van der Waals surface area contributed by atoms with Crippen LogP contribution in [0, 0.1) is 0 Å². The van der Waals surface area contributed by atoms with Gasteiger partial charge in [0, 0.05) is 43.3 Å². The summed E-state index contributed by atoms with van der Waals surface area (Å²) in [5.74, 6) is 0.873. The van der Waals surface area contributed by atoms with Gasteiger partial charge in [-0.15, -0.1) is 6.58 Å². The Hall–Kier alpha value is -2.79. The van der Waals surface area contributed by atoms with E-state index in [0.29, 0.717) is 0 Å². The molecule has 0 radical (unpaired) electrons.